The van der Waals surface area contributed by atoms with Gasteiger partial charge in [0.25, 0.3) is 10.2 Å². The number of hydrogen-bond donors (Lipinski definition) is 2. The highest BCUT2D eigenvalue weighted by atomic mass is 35.5. The molecule has 17 heavy (non-hydrogen) atoms. The molecule has 102 valence electrons. The first kappa shape index (κ1) is 15.2. The molecule has 0 aromatic rings. The summed E-state index contributed by atoms with van der Waals surface area (Å²) in [6, 6.07) is 0.418. The number of fused-ring (bicyclic) bond motifs is 2. The number of piperidine rings is 1. The van der Waals surface area contributed by atoms with Crippen LogP contribution in [-0.4, -0.2) is 44.9 Å². The summed E-state index contributed by atoms with van der Waals surface area (Å²) in [5.41, 5.74) is 0. The molecule has 2 aliphatic rings. The Morgan fingerprint density at radius 1 is 1.41 bits per heavy atom. The molecule has 2 N–H and O–H groups in total. The van der Waals surface area contributed by atoms with Crippen LogP contribution in [0.1, 0.15) is 26.2 Å². The fraction of sp³-hybridized carbons (Fsp3) is 1.00. The molecule has 3 atom stereocenters. The van der Waals surface area contributed by atoms with E-state index in [-0.39, 0.29) is 24.5 Å². The molecule has 1 saturated carbocycles. The standard InChI is InChI=1S/C10H21N3O2S.ClH/c1-8(11-2)6-12-16(14,15)13-7-9-3-4-10(13)5-9;/h8-12H,3-7H2,1-2H3;1H. The summed E-state index contributed by atoms with van der Waals surface area (Å²) < 4.78 is 28.4. The van der Waals surface area contributed by atoms with Gasteiger partial charge < -0.3 is 5.32 Å². The Morgan fingerprint density at radius 2 is 2.12 bits per heavy atom. The van der Waals surface area contributed by atoms with Crippen LogP contribution in [0.5, 0.6) is 0 Å². The zero-order valence-corrected chi connectivity index (χ0v) is 12.0. The number of rotatable bonds is 5. The van der Waals surface area contributed by atoms with Crippen molar-refractivity contribution in [3.05, 3.63) is 0 Å². The first-order valence-corrected chi connectivity index (χ1v) is 7.40. The lowest BCUT2D eigenvalue weighted by Crippen LogP contribution is -2.47. The van der Waals surface area contributed by atoms with Crippen LogP contribution < -0.4 is 10.0 Å². The third-order valence-corrected chi connectivity index (χ3v) is 5.33. The van der Waals surface area contributed by atoms with Gasteiger partial charge in [-0.05, 0) is 39.2 Å². The van der Waals surface area contributed by atoms with Crippen molar-refractivity contribution in [2.75, 3.05) is 20.1 Å². The molecule has 1 aliphatic heterocycles. The van der Waals surface area contributed by atoms with Crippen LogP contribution in [0.25, 0.3) is 0 Å². The third kappa shape index (κ3) is 3.32. The molecule has 0 aromatic carbocycles. The number of nitrogens with zero attached hydrogens (tertiary/aromatic N) is 1. The summed E-state index contributed by atoms with van der Waals surface area (Å²) >= 11 is 0. The topological polar surface area (TPSA) is 61.4 Å². The minimum atomic E-state index is -3.25. The lowest BCUT2D eigenvalue weighted by Gasteiger charge is -2.26. The van der Waals surface area contributed by atoms with E-state index in [4.69, 9.17) is 0 Å². The monoisotopic (exact) mass is 283 g/mol. The van der Waals surface area contributed by atoms with Crippen LogP contribution in [-0.2, 0) is 10.2 Å². The van der Waals surface area contributed by atoms with E-state index in [0.29, 0.717) is 19.0 Å². The van der Waals surface area contributed by atoms with Gasteiger partial charge in [-0.25, -0.2) is 4.72 Å². The number of halogens is 1. The van der Waals surface area contributed by atoms with E-state index in [1.54, 1.807) is 4.31 Å². The largest absolute Gasteiger partial charge is 0.316 e. The molecular weight excluding hydrogens is 262 g/mol. The van der Waals surface area contributed by atoms with Crippen molar-refractivity contribution in [1.82, 2.24) is 14.3 Å². The molecule has 5 nitrogen and oxygen atoms in total. The Kier molecular flexibility index (Phi) is 5.21. The summed E-state index contributed by atoms with van der Waals surface area (Å²) in [5, 5.41) is 3.02. The van der Waals surface area contributed by atoms with E-state index in [9.17, 15) is 8.42 Å². The molecule has 0 radical (unpaired) electrons. The first-order valence-electron chi connectivity index (χ1n) is 5.96. The molecule has 2 bridgehead atoms. The Morgan fingerprint density at radius 3 is 2.59 bits per heavy atom. The summed E-state index contributed by atoms with van der Waals surface area (Å²) in [4.78, 5) is 0. The van der Waals surface area contributed by atoms with Gasteiger partial charge in [0, 0.05) is 25.2 Å². The Labute approximate surface area is 110 Å². The van der Waals surface area contributed by atoms with Crippen LogP contribution in [0, 0.1) is 5.92 Å². The molecule has 1 saturated heterocycles. The summed E-state index contributed by atoms with van der Waals surface area (Å²) in [5.74, 6) is 0.600. The Bertz CT molecular complexity index is 349. The summed E-state index contributed by atoms with van der Waals surface area (Å²) in [6.07, 6.45) is 3.29. The first-order chi connectivity index (χ1) is 7.53. The number of hydrogen-bond acceptors (Lipinski definition) is 3. The SMILES string of the molecule is CNC(C)CNS(=O)(=O)N1CC2CCC1C2.Cl. The maximum absolute atomic E-state index is 12.0. The van der Waals surface area contributed by atoms with E-state index < -0.39 is 10.2 Å². The van der Waals surface area contributed by atoms with Crippen LogP contribution in [0.3, 0.4) is 0 Å². The molecule has 7 heteroatoms. The van der Waals surface area contributed by atoms with Gasteiger partial charge in [0.05, 0.1) is 0 Å². The van der Waals surface area contributed by atoms with Crippen LogP contribution in [0.4, 0.5) is 0 Å². The van der Waals surface area contributed by atoms with E-state index in [2.05, 4.69) is 10.0 Å². The number of likely N-dealkylation sites (N-methyl/N-ethyl adjacent to an activating group) is 1. The lowest BCUT2D eigenvalue weighted by molar-refractivity contribution is 0.328. The number of nitrogens with one attached hydrogen (secondary N) is 2. The fourth-order valence-corrected chi connectivity index (χ4v) is 4.21. The van der Waals surface area contributed by atoms with Crippen molar-refractivity contribution >= 4 is 22.6 Å². The molecule has 0 spiro atoms. The second-order valence-corrected chi connectivity index (χ2v) is 6.65. The van der Waals surface area contributed by atoms with Gasteiger partial charge >= 0.3 is 0 Å². The second kappa shape index (κ2) is 5.84. The molecule has 0 amide bonds. The van der Waals surface area contributed by atoms with Gasteiger partial charge in [0.1, 0.15) is 0 Å². The van der Waals surface area contributed by atoms with Gasteiger partial charge in [0.15, 0.2) is 0 Å². The molecule has 1 heterocycles. The Hall–Kier alpha value is 0.120. The third-order valence-electron chi connectivity index (χ3n) is 3.73. The van der Waals surface area contributed by atoms with Crippen molar-refractivity contribution < 1.29 is 8.42 Å². The van der Waals surface area contributed by atoms with Crippen LogP contribution in [0.15, 0.2) is 0 Å². The quantitative estimate of drug-likeness (QED) is 0.765. The average Bonchev–Trinajstić information content (AvgIpc) is 2.87. The molecule has 3 unspecified atom stereocenters. The van der Waals surface area contributed by atoms with Gasteiger partial charge in [-0.1, -0.05) is 0 Å². The smallest absolute Gasteiger partial charge is 0.279 e. The maximum Gasteiger partial charge on any atom is 0.279 e. The van der Waals surface area contributed by atoms with Crippen LogP contribution >= 0.6 is 12.4 Å². The highest BCUT2D eigenvalue weighted by Crippen LogP contribution is 2.38. The van der Waals surface area contributed by atoms with E-state index in [1.807, 2.05) is 14.0 Å². The normalized spacial score (nSPS) is 30.2. The average molecular weight is 284 g/mol. The molecule has 1 aliphatic carbocycles. The van der Waals surface area contributed by atoms with Gasteiger partial charge in [-0.15, -0.1) is 12.4 Å². The van der Waals surface area contributed by atoms with Crippen molar-refractivity contribution in [2.45, 2.75) is 38.3 Å². The zero-order chi connectivity index (χ0) is 11.8. The molecule has 0 aromatic heterocycles. The van der Waals surface area contributed by atoms with Crippen molar-refractivity contribution in [3.63, 3.8) is 0 Å². The predicted molar refractivity (Wildman–Crippen MR) is 70.5 cm³/mol. The summed E-state index contributed by atoms with van der Waals surface area (Å²) in [7, 11) is -1.42. The van der Waals surface area contributed by atoms with Crippen molar-refractivity contribution in [1.29, 1.82) is 0 Å². The fourth-order valence-electron chi connectivity index (χ4n) is 2.59. The molecule has 2 fully saturated rings. The molecule has 2 rings (SSSR count). The predicted octanol–water partition coefficient (Wildman–Crippen LogP) is 0.335. The van der Waals surface area contributed by atoms with Crippen molar-refractivity contribution in [3.8, 4) is 0 Å². The van der Waals surface area contributed by atoms with E-state index >= 15 is 0 Å². The maximum atomic E-state index is 12.0. The Balaban J connectivity index is 0.00000144. The highest BCUT2D eigenvalue weighted by molar-refractivity contribution is 7.87. The van der Waals surface area contributed by atoms with Gasteiger partial charge in [-0.2, -0.15) is 12.7 Å². The highest BCUT2D eigenvalue weighted by Gasteiger charge is 2.43. The summed E-state index contributed by atoms with van der Waals surface area (Å²) in [6.45, 7) is 3.12. The molecular formula is C10H22ClN3O2S. The second-order valence-electron chi connectivity index (χ2n) is 4.95. The van der Waals surface area contributed by atoms with Crippen molar-refractivity contribution in [2.24, 2.45) is 5.92 Å². The van der Waals surface area contributed by atoms with Crippen LogP contribution in [0.2, 0.25) is 0 Å². The lowest BCUT2D eigenvalue weighted by atomic mass is 10.1. The minimum absolute atomic E-state index is 0. The minimum Gasteiger partial charge on any atom is -0.316 e. The van der Waals surface area contributed by atoms with E-state index in [1.165, 1.54) is 6.42 Å². The van der Waals surface area contributed by atoms with E-state index in [0.717, 1.165) is 12.8 Å². The van der Waals surface area contributed by atoms with Gasteiger partial charge in [0.2, 0.25) is 0 Å². The zero-order valence-electron chi connectivity index (χ0n) is 10.3. The van der Waals surface area contributed by atoms with Gasteiger partial charge in [-0.3, -0.25) is 0 Å².